The first-order valence-electron chi connectivity index (χ1n) is 8.27. The zero-order valence-corrected chi connectivity index (χ0v) is 14.1. The average molecular weight is 343 g/mol. The van der Waals surface area contributed by atoms with Gasteiger partial charge < -0.3 is 15.5 Å². The molecule has 9 heteroatoms. The minimum Gasteiger partial charge on any atom is -0.368 e. The minimum atomic E-state index is -0.321. The third-order valence-corrected chi connectivity index (χ3v) is 3.99. The van der Waals surface area contributed by atoms with Gasteiger partial charge in [0.1, 0.15) is 23.7 Å². The molecule has 9 nitrogen and oxygen atoms in total. The SMILES string of the molecule is Cn1nc(C(=O)NCCNc2cc(N3CCCC3)ncn2)ccc1=O. The van der Waals surface area contributed by atoms with Gasteiger partial charge in [-0.1, -0.05) is 0 Å². The van der Waals surface area contributed by atoms with Crippen molar-refractivity contribution in [2.45, 2.75) is 12.8 Å². The molecule has 0 aliphatic carbocycles. The number of rotatable bonds is 6. The van der Waals surface area contributed by atoms with Crippen molar-refractivity contribution >= 4 is 17.5 Å². The molecule has 2 N–H and O–H groups in total. The molecule has 1 amide bonds. The van der Waals surface area contributed by atoms with Gasteiger partial charge in [-0.05, 0) is 18.9 Å². The van der Waals surface area contributed by atoms with Crippen LogP contribution >= 0.6 is 0 Å². The summed E-state index contributed by atoms with van der Waals surface area (Å²) < 4.78 is 1.13. The maximum atomic E-state index is 12.0. The van der Waals surface area contributed by atoms with Crippen molar-refractivity contribution < 1.29 is 4.79 Å². The van der Waals surface area contributed by atoms with Crippen LogP contribution in [0.1, 0.15) is 23.3 Å². The summed E-state index contributed by atoms with van der Waals surface area (Å²) >= 11 is 0. The molecular weight excluding hydrogens is 322 g/mol. The number of carbonyl (C=O) groups excluding carboxylic acids is 1. The summed E-state index contributed by atoms with van der Waals surface area (Å²) in [5.41, 5.74) is -0.0451. The molecule has 132 valence electrons. The molecule has 1 fully saturated rings. The monoisotopic (exact) mass is 343 g/mol. The van der Waals surface area contributed by atoms with Crippen molar-refractivity contribution in [3.8, 4) is 0 Å². The Kier molecular flexibility index (Phi) is 5.22. The maximum absolute atomic E-state index is 12.0. The van der Waals surface area contributed by atoms with E-state index >= 15 is 0 Å². The second-order valence-electron chi connectivity index (χ2n) is 5.82. The fourth-order valence-corrected chi connectivity index (χ4v) is 2.64. The highest BCUT2D eigenvalue weighted by Crippen LogP contribution is 2.18. The van der Waals surface area contributed by atoms with E-state index in [4.69, 9.17) is 0 Å². The van der Waals surface area contributed by atoms with Crippen LogP contribution < -0.4 is 21.1 Å². The van der Waals surface area contributed by atoms with Gasteiger partial charge in [-0.25, -0.2) is 14.6 Å². The van der Waals surface area contributed by atoms with E-state index in [0.717, 1.165) is 29.4 Å². The zero-order valence-electron chi connectivity index (χ0n) is 14.1. The molecule has 2 aromatic rings. The van der Waals surface area contributed by atoms with Crippen LogP contribution in [-0.4, -0.2) is 51.8 Å². The number of anilines is 2. The van der Waals surface area contributed by atoms with E-state index in [1.54, 1.807) is 6.33 Å². The molecular formula is C16H21N7O2. The van der Waals surface area contributed by atoms with Crippen LogP contribution in [-0.2, 0) is 7.05 Å². The molecule has 0 atom stereocenters. The second-order valence-corrected chi connectivity index (χ2v) is 5.82. The number of amides is 1. The summed E-state index contributed by atoms with van der Waals surface area (Å²) in [6.45, 7) is 2.98. The lowest BCUT2D eigenvalue weighted by molar-refractivity contribution is 0.0948. The molecule has 25 heavy (non-hydrogen) atoms. The molecule has 0 aromatic carbocycles. The molecule has 0 bridgehead atoms. The van der Waals surface area contributed by atoms with Gasteiger partial charge in [0.2, 0.25) is 0 Å². The van der Waals surface area contributed by atoms with Crippen LogP contribution in [0, 0.1) is 0 Å². The Bertz CT molecular complexity index is 799. The fourth-order valence-electron chi connectivity index (χ4n) is 2.64. The lowest BCUT2D eigenvalue weighted by Gasteiger charge is -2.16. The maximum Gasteiger partial charge on any atom is 0.271 e. The molecule has 1 saturated heterocycles. The summed E-state index contributed by atoms with van der Waals surface area (Å²) in [6.07, 6.45) is 3.93. The van der Waals surface area contributed by atoms with E-state index in [-0.39, 0.29) is 17.2 Å². The van der Waals surface area contributed by atoms with Crippen LogP contribution in [0.15, 0.2) is 29.3 Å². The molecule has 3 rings (SSSR count). The number of carbonyl (C=O) groups is 1. The number of nitrogens with one attached hydrogen (secondary N) is 2. The largest absolute Gasteiger partial charge is 0.368 e. The van der Waals surface area contributed by atoms with Crippen LogP contribution in [0.4, 0.5) is 11.6 Å². The zero-order chi connectivity index (χ0) is 17.6. The normalized spacial score (nSPS) is 13.7. The first kappa shape index (κ1) is 16.9. The first-order chi connectivity index (χ1) is 12.1. The summed E-state index contributed by atoms with van der Waals surface area (Å²) in [5.74, 6) is 1.33. The third kappa shape index (κ3) is 4.31. The van der Waals surface area contributed by atoms with Gasteiger partial charge >= 0.3 is 0 Å². The molecule has 0 unspecified atom stereocenters. The van der Waals surface area contributed by atoms with Crippen molar-refractivity contribution in [1.29, 1.82) is 0 Å². The van der Waals surface area contributed by atoms with Crippen LogP contribution in [0.25, 0.3) is 0 Å². The third-order valence-electron chi connectivity index (χ3n) is 3.99. The van der Waals surface area contributed by atoms with Crippen LogP contribution in [0.3, 0.4) is 0 Å². The highest BCUT2D eigenvalue weighted by molar-refractivity contribution is 5.91. The molecule has 0 saturated carbocycles. The van der Waals surface area contributed by atoms with Gasteiger partial charge in [0.25, 0.3) is 11.5 Å². The second kappa shape index (κ2) is 7.73. The Morgan fingerprint density at radius 1 is 1.20 bits per heavy atom. The van der Waals surface area contributed by atoms with E-state index in [2.05, 4.69) is 30.6 Å². The Labute approximate surface area is 145 Å². The Morgan fingerprint density at radius 3 is 2.76 bits per heavy atom. The molecule has 3 heterocycles. The van der Waals surface area contributed by atoms with Gasteiger partial charge in [-0.3, -0.25) is 9.59 Å². The smallest absolute Gasteiger partial charge is 0.271 e. The molecule has 0 spiro atoms. The van der Waals surface area contributed by atoms with Crippen molar-refractivity contribution in [3.63, 3.8) is 0 Å². The summed E-state index contributed by atoms with van der Waals surface area (Å²) in [6, 6.07) is 4.65. The van der Waals surface area contributed by atoms with Gasteiger partial charge in [-0.2, -0.15) is 5.10 Å². The van der Waals surface area contributed by atoms with Crippen molar-refractivity contribution in [2.75, 3.05) is 36.4 Å². The van der Waals surface area contributed by atoms with E-state index < -0.39 is 0 Å². The van der Waals surface area contributed by atoms with Crippen molar-refractivity contribution in [3.05, 3.63) is 40.6 Å². The highest BCUT2D eigenvalue weighted by atomic mass is 16.2. The number of aromatic nitrogens is 4. The summed E-state index contributed by atoms with van der Waals surface area (Å²) in [5, 5.41) is 9.83. The van der Waals surface area contributed by atoms with E-state index in [0.29, 0.717) is 13.1 Å². The quantitative estimate of drug-likeness (QED) is 0.712. The van der Waals surface area contributed by atoms with Crippen LogP contribution in [0.2, 0.25) is 0 Å². The highest BCUT2D eigenvalue weighted by Gasteiger charge is 2.14. The van der Waals surface area contributed by atoms with E-state index in [1.165, 1.54) is 32.0 Å². The molecule has 0 radical (unpaired) electrons. The predicted molar refractivity (Wildman–Crippen MR) is 93.8 cm³/mol. The number of nitrogens with zero attached hydrogens (tertiary/aromatic N) is 5. The van der Waals surface area contributed by atoms with Crippen LogP contribution in [0.5, 0.6) is 0 Å². The number of hydrogen-bond donors (Lipinski definition) is 2. The van der Waals surface area contributed by atoms with E-state index in [9.17, 15) is 9.59 Å². The average Bonchev–Trinajstić information content (AvgIpc) is 3.16. The summed E-state index contributed by atoms with van der Waals surface area (Å²) in [7, 11) is 1.51. The first-order valence-corrected chi connectivity index (χ1v) is 8.27. The minimum absolute atomic E-state index is 0.209. The van der Waals surface area contributed by atoms with Gasteiger partial charge in [0.15, 0.2) is 0 Å². The number of hydrogen-bond acceptors (Lipinski definition) is 7. The van der Waals surface area contributed by atoms with Crippen molar-refractivity contribution in [1.82, 2.24) is 25.1 Å². The van der Waals surface area contributed by atoms with Gasteiger partial charge in [0.05, 0.1) is 0 Å². The number of aryl methyl sites for hydroxylation is 1. The van der Waals surface area contributed by atoms with E-state index in [1.807, 2.05) is 6.07 Å². The van der Waals surface area contributed by atoms with Gasteiger partial charge in [0, 0.05) is 45.4 Å². The molecule has 2 aromatic heterocycles. The van der Waals surface area contributed by atoms with Gasteiger partial charge in [-0.15, -0.1) is 0 Å². The predicted octanol–water partition coefficient (Wildman–Crippen LogP) is 0.0124. The fraction of sp³-hybridized carbons (Fsp3) is 0.438. The van der Waals surface area contributed by atoms with Crippen molar-refractivity contribution in [2.24, 2.45) is 7.05 Å². The standard InChI is InChI=1S/C16H21N7O2/c1-22-15(24)5-4-12(21-22)16(25)18-7-6-17-13-10-14(20-11-19-13)23-8-2-3-9-23/h4-5,10-11H,2-3,6-9H2,1H3,(H,18,25)(H,17,19,20). The lowest BCUT2D eigenvalue weighted by Crippen LogP contribution is -2.31. The topological polar surface area (TPSA) is 105 Å². The Hall–Kier alpha value is -2.97. The summed E-state index contributed by atoms with van der Waals surface area (Å²) in [4.78, 5) is 34.0. The Balaban J connectivity index is 1.48. The molecule has 1 aliphatic heterocycles. The molecule has 1 aliphatic rings. The Morgan fingerprint density at radius 2 is 2.00 bits per heavy atom. The lowest BCUT2D eigenvalue weighted by atomic mass is 10.3.